The SMILES string of the molecule is CCOC(=O)C1C/C(=C/c2ccc(SC)c(OC)c2)C(=O)/C(=C/c2ccc(SC)c(OC)c2)C1. The Bertz CT molecular complexity index is 1040. The van der Waals surface area contributed by atoms with Crippen LogP contribution in [0.3, 0.4) is 0 Å². The second-order valence-corrected chi connectivity index (χ2v) is 9.45. The topological polar surface area (TPSA) is 61.8 Å². The molecule has 34 heavy (non-hydrogen) atoms. The number of benzene rings is 2. The van der Waals surface area contributed by atoms with Gasteiger partial charge in [-0.25, -0.2) is 0 Å². The van der Waals surface area contributed by atoms with Crippen molar-refractivity contribution < 1.29 is 23.8 Å². The Morgan fingerprint density at radius 2 is 1.38 bits per heavy atom. The average Bonchev–Trinajstić information content (AvgIpc) is 2.86. The van der Waals surface area contributed by atoms with Crippen LogP contribution in [-0.2, 0) is 14.3 Å². The normalized spacial score (nSPS) is 18.3. The van der Waals surface area contributed by atoms with Crippen LogP contribution < -0.4 is 9.47 Å². The van der Waals surface area contributed by atoms with Crippen LogP contribution in [0, 0.1) is 5.92 Å². The molecule has 1 fully saturated rings. The minimum absolute atomic E-state index is 0.0543. The van der Waals surface area contributed by atoms with E-state index in [1.165, 1.54) is 0 Å². The van der Waals surface area contributed by atoms with Crippen LogP contribution >= 0.6 is 23.5 Å². The van der Waals surface area contributed by atoms with Gasteiger partial charge in [0, 0.05) is 20.9 Å². The smallest absolute Gasteiger partial charge is 0.309 e. The number of ketones is 1. The number of carbonyl (C=O) groups excluding carboxylic acids is 2. The van der Waals surface area contributed by atoms with Gasteiger partial charge in [-0.1, -0.05) is 12.1 Å². The largest absolute Gasteiger partial charge is 0.496 e. The highest BCUT2D eigenvalue weighted by molar-refractivity contribution is 7.99. The zero-order valence-electron chi connectivity index (χ0n) is 20.2. The monoisotopic (exact) mass is 498 g/mol. The van der Waals surface area contributed by atoms with Gasteiger partial charge in [-0.15, -0.1) is 23.5 Å². The third-order valence-corrected chi connectivity index (χ3v) is 7.19. The molecular weight excluding hydrogens is 468 g/mol. The molecule has 1 saturated carbocycles. The fourth-order valence-corrected chi connectivity index (χ4v) is 5.05. The summed E-state index contributed by atoms with van der Waals surface area (Å²) in [5.74, 6) is 0.765. The van der Waals surface area contributed by atoms with Crippen molar-refractivity contribution in [2.24, 2.45) is 5.92 Å². The van der Waals surface area contributed by atoms with Crippen molar-refractivity contribution >= 4 is 47.4 Å². The summed E-state index contributed by atoms with van der Waals surface area (Å²) in [4.78, 5) is 28.1. The minimum Gasteiger partial charge on any atom is -0.496 e. The summed E-state index contributed by atoms with van der Waals surface area (Å²) >= 11 is 3.20. The van der Waals surface area contributed by atoms with Gasteiger partial charge in [-0.2, -0.15) is 0 Å². The van der Waals surface area contributed by atoms with E-state index in [0.717, 1.165) is 32.4 Å². The molecule has 0 amide bonds. The van der Waals surface area contributed by atoms with E-state index in [0.29, 0.717) is 30.6 Å². The van der Waals surface area contributed by atoms with Gasteiger partial charge in [0.25, 0.3) is 0 Å². The Labute approximate surface area is 209 Å². The molecule has 0 radical (unpaired) electrons. The first kappa shape index (κ1) is 26.0. The molecule has 0 N–H and O–H groups in total. The molecule has 0 spiro atoms. The van der Waals surface area contributed by atoms with Crippen molar-refractivity contribution in [2.45, 2.75) is 29.6 Å². The van der Waals surface area contributed by atoms with E-state index >= 15 is 0 Å². The first-order valence-electron chi connectivity index (χ1n) is 11.0. The summed E-state index contributed by atoms with van der Waals surface area (Å²) in [5, 5.41) is 0. The quantitative estimate of drug-likeness (QED) is 0.245. The van der Waals surface area contributed by atoms with Gasteiger partial charge >= 0.3 is 5.97 Å². The van der Waals surface area contributed by atoms with E-state index < -0.39 is 5.92 Å². The summed E-state index contributed by atoms with van der Waals surface area (Å²) in [6.07, 6.45) is 8.37. The maximum atomic E-state index is 13.5. The summed E-state index contributed by atoms with van der Waals surface area (Å²) < 4.78 is 16.3. The lowest BCUT2D eigenvalue weighted by molar-refractivity contribution is -0.148. The van der Waals surface area contributed by atoms with Crippen molar-refractivity contribution in [1.82, 2.24) is 0 Å². The third kappa shape index (κ3) is 6.07. The van der Waals surface area contributed by atoms with Gasteiger partial charge in [-0.05, 0) is 79.8 Å². The zero-order valence-corrected chi connectivity index (χ0v) is 21.8. The number of esters is 1. The molecule has 5 nitrogen and oxygen atoms in total. The van der Waals surface area contributed by atoms with Crippen LogP contribution in [0.4, 0.5) is 0 Å². The molecule has 1 unspecified atom stereocenters. The maximum Gasteiger partial charge on any atom is 0.309 e. The van der Waals surface area contributed by atoms with Crippen LogP contribution in [0.5, 0.6) is 11.5 Å². The van der Waals surface area contributed by atoms with Crippen molar-refractivity contribution in [2.75, 3.05) is 33.3 Å². The Morgan fingerprint density at radius 3 is 1.76 bits per heavy atom. The standard InChI is InChI=1S/C27H30O5S2/c1-6-32-27(29)21-15-19(11-17-7-9-24(33-4)22(13-17)30-2)26(28)20(16-21)12-18-8-10-25(34-5)23(14-18)31-3/h7-14,21H,6,15-16H2,1-5H3/b19-11-,20-12+. The van der Waals surface area contributed by atoms with Gasteiger partial charge in [0.2, 0.25) is 0 Å². The van der Waals surface area contributed by atoms with Crippen molar-refractivity contribution in [3.8, 4) is 11.5 Å². The highest BCUT2D eigenvalue weighted by Crippen LogP contribution is 2.36. The van der Waals surface area contributed by atoms with Crippen molar-refractivity contribution in [3.63, 3.8) is 0 Å². The minimum atomic E-state index is -0.408. The summed E-state index contributed by atoms with van der Waals surface area (Å²) in [6.45, 7) is 2.10. The molecule has 0 saturated heterocycles. The van der Waals surface area contributed by atoms with Crippen molar-refractivity contribution in [1.29, 1.82) is 0 Å². The highest BCUT2D eigenvalue weighted by atomic mass is 32.2. The first-order chi connectivity index (χ1) is 16.4. The van der Waals surface area contributed by atoms with Gasteiger partial charge in [-0.3, -0.25) is 9.59 Å². The van der Waals surface area contributed by atoms with Crippen molar-refractivity contribution in [3.05, 3.63) is 58.7 Å². The molecule has 0 heterocycles. The van der Waals surface area contributed by atoms with Crippen LogP contribution in [-0.4, -0.2) is 45.1 Å². The van der Waals surface area contributed by atoms with Crippen LogP contribution in [0.1, 0.15) is 30.9 Å². The number of allylic oxidation sites excluding steroid dienone is 2. The molecule has 180 valence electrons. The first-order valence-corrected chi connectivity index (χ1v) is 13.5. The second-order valence-electron chi connectivity index (χ2n) is 7.75. The van der Waals surface area contributed by atoms with Gasteiger partial charge in [0.15, 0.2) is 5.78 Å². The van der Waals surface area contributed by atoms with Crippen LogP contribution in [0.15, 0.2) is 57.3 Å². The predicted molar refractivity (Wildman–Crippen MR) is 140 cm³/mol. The summed E-state index contributed by atoms with van der Waals surface area (Å²) in [7, 11) is 3.26. The molecule has 0 aliphatic heterocycles. The second kappa shape index (κ2) is 12.2. The molecule has 1 aliphatic carbocycles. The molecule has 2 aromatic carbocycles. The Balaban J connectivity index is 2.02. The van der Waals surface area contributed by atoms with E-state index in [9.17, 15) is 9.59 Å². The van der Waals surface area contributed by atoms with Crippen LogP contribution in [0.2, 0.25) is 0 Å². The average molecular weight is 499 g/mol. The number of hydrogen-bond acceptors (Lipinski definition) is 7. The lowest BCUT2D eigenvalue weighted by Gasteiger charge is -2.24. The van der Waals surface area contributed by atoms with Gasteiger partial charge in [0.1, 0.15) is 11.5 Å². The van der Waals surface area contributed by atoms with E-state index in [1.807, 2.05) is 61.1 Å². The molecule has 0 bridgehead atoms. The lowest BCUT2D eigenvalue weighted by atomic mass is 9.79. The number of methoxy groups -OCH3 is 2. The number of Topliss-reactive ketones (excluding diaryl/α,β-unsaturated/α-hetero) is 1. The molecular formula is C27H30O5S2. The Morgan fingerprint density at radius 1 is 0.912 bits per heavy atom. The Hall–Kier alpha value is -2.64. The lowest BCUT2D eigenvalue weighted by Crippen LogP contribution is -2.27. The fourth-order valence-electron chi connectivity index (χ4n) is 3.96. The van der Waals surface area contributed by atoms with Gasteiger partial charge < -0.3 is 14.2 Å². The van der Waals surface area contributed by atoms with E-state index in [4.69, 9.17) is 14.2 Å². The highest BCUT2D eigenvalue weighted by Gasteiger charge is 2.33. The van der Waals surface area contributed by atoms with E-state index in [2.05, 4.69) is 0 Å². The van der Waals surface area contributed by atoms with Gasteiger partial charge in [0.05, 0.1) is 26.7 Å². The van der Waals surface area contributed by atoms with E-state index in [1.54, 1.807) is 44.7 Å². The molecule has 1 aliphatic rings. The molecule has 7 heteroatoms. The number of thioether (sulfide) groups is 2. The molecule has 1 atom stereocenters. The molecule has 0 aromatic heterocycles. The number of rotatable bonds is 8. The number of carbonyl (C=O) groups is 2. The summed E-state index contributed by atoms with van der Waals surface area (Å²) in [5.41, 5.74) is 2.88. The fraction of sp³-hybridized carbons (Fsp3) is 0.333. The number of ether oxygens (including phenoxy) is 3. The third-order valence-electron chi connectivity index (χ3n) is 5.63. The van der Waals surface area contributed by atoms with Crippen LogP contribution in [0.25, 0.3) is 12.2 Å². The summed E-state index contributed by atoms with van der Waals surface area (Å²) in [6, 6.07) is 11.7. The molecule has 3 rings (SSSR count). The molecule has 2 aromatic rings. The zero-order chi connectivity index (χ0) is 24.7. The Kier molecular flexibility index (Phi) is 9.30. The number of hydrogen-bond donors (Lipinski definition) is 0. The predicted octanol–water partition coefficient (Wildman–Crippen LogP) is 6.16. The maximum absolute atomic E-state index is 13.5. The van der Waals surface area contributed by atoms with E-state index in [-0.39, 0.29) is 11.8 Å².